The fourth-order valence-corrected chi connectivity index (χ4v) is 1.39. The van der Waals surface area contributed by atoms with Gasteiger partial charge in [-0.05, 0) is 31.5 Å². The molecule has 0 aliphatic heterocycles. The quantitative estimate of drug-likeness (QED) is 0.841. The van der Waals surface area contributed by atoms with Crippen LogP contribution in [0.1, 0.15) is 29.8 Å². The zero-order valence-corrected chi connectivity index (χ0v) is 10.9. The lowest BCUT2D eigenvalue weighted by molar-refractivity contribution is -0.146. The number of aliphatic carboxylic acids is 1. The van der Waals surface area contributed by atoms with Gasteiger partial charge in [-0.2, -0.15) is 5.26 Å². The lowest BCUT2D eigenvalue weighted by Gasteiger charge is -2.19. The Morgan fingerprint density at radius 2 is 2.11 bits per heavy atom. The largest absolute Gasteiger partial charge is 0.481 e. The van der Waals surface area contributed by atoms with Crippen LogP contribution in [0, 0.1) is 16.7 Å². The molecule has 0 fully saturated rings. The van der Waals surface area contributed by atoms with E-state index in [1.165, 1.54) is 0 Å². The van der Waals surface area contributed by atoms with E-state index < -0.39 is 11.4 Å². The monoisotopic (exact) mass is 260 g/mol. The summed E-state index contributed by atoms with van der Waals surface area (Å²) in [5.74, 6) is -1.31. The molecule has 0 atom stereocenters. The van der Waals surface area contributed by atoms with Crippen molar-refractivity contribution in [1.29, 1.82) is 5.26 Å². The highest BCUT2D eigenvalue weighted by Gasteiger charge is 2.27. The van der Waals surface area contributed by atoms with Crippen molar-refractivity contribution in [2.75, 3.05) is 6.54 Å². The first kappa shape index (κ1) is 14.7. The summed E-state index contributed by atoms with van der Waals surface area (Å²) in [6.45, 7) is 3.13. The Morgan fingerprint density at radius 1 is 1.42 bits per heavy atom. The smallest absolute Gasteiger partial charge is 0.310 e. The van der Waals surface area contributed by atoms with E-state index in [1.54, 1.807) is 38.1 Å². The van der Waals surface area contributed by atoms with Crippen LogP contribution in [0.4, 0.5) is 0 Å². The number of amides is 1. The summed E-state index contributed by atoms with van der Waals surface area (Å²) in [6.07, 6.45) is 0.238. The van der Waals surface area contributed by atoms with Gasteiger partial charge in [0.1, 0.15) is 0 Å². The predicted molar refractivity (Wildman–Crippen MR) is 69.5 cm³/mol. The van der Waals surface area contributed by atoms with Gasteiger partial charge >= 0.3 is 5.97 Å². The predicted octanol–water partition coefficient (Wildman–Crippen LogP) is 1.59. The van der Waals surface area contributed by atoms with E-state index in [2.05, 4.69) is 5.32 Å². The summed E-state index contributed by atoms with van der Waals surface area (Å²) in [5, 5.41) is 20.1. The van der Waals surface area contributed by atoms with E-state index in [0.717, 1.165) is 5.56 Å². The van der Waals surface area contributed by atoms with Crippen molar-refractivity contribution in [2.45, 2.75) is 20.3 Å². The van der Waals surface area contributed by atoms with Gasteiger partial charge in [0.25, 0.3) is 5.91 Å². The molecule has 0 saturated carbocycles. The van der Waals surface area contributed by atoms with E-state index in [4.69, 9.17) is 10.4 Å². The summed E-state index contributed by atoms with van der Waals surface area (Å²) in [4.78, 5) is 22.8. The molecule has 0 aliphatic rings. The van der Waals surface area contributed by atoms with Crippen molar-refractivity contribution in [1.82, 2.24) is 5.32 Å². The summed E-state index contributed by atoms with van der Waals surface area (Å²) < 4.78 is 0. The van der Waals surface area contributed by atoms with Gasteiger partial charge in [-0.1, -0.05) is 12.1 Å². The van der Waals surface area contributed by atoms with Gasteiger partial charge in [0.15, 0.2) is 0 Å². The highest BCUT2D eigenvalue weighted by atomic mass is 16.4. The molecule has 100 valence electrons. The van der Waals surface area contributed by atoms with Gasteiger partial charge in [0.05, 0.1) is 17.9 Å². The number of carboxylic acid groups (broad SMARTS) is 1. The van der Waals surface area contributed by atoms with Gasteiger partial charge < -0.3 is 10.4 Å². The number of nitrogens with one attached hydrogen (secondary N) is 1. The van der Waals surface area contributed by atoms with Crippen molar-refractivity contribution in [3.63, 3.8) is 0 Å². The average Bonchev–Trinajstić information content (AvgIpc) is 2.36. The maximum Gasteiger partial charge on any atom is 0.310 e. The minimum Gasteiger partial charge on any atom is -0.481 e. The normalized spacial score (nSPS) is 10.6. The number of benzene rings is 1. The molecule has 0 aliphatic carbocycles. The second-order valence-corrected chi connectivity index (χ2v) is 4.91. The van der Waals surface area contributed by atoms with E-state index in [1.807, 2.05) is 6.07 Å². The van der Waals surface area contributed by atoms with Crippen LogP contribution in [0.3, 0.4) is 0 Å². The maximum absolute atomic E-state index is 11.9. The number of rotatable bonds is 5. The summed E-state index contributed by atoms with van der Waals surface area (Å²) in [5.41, 5.74) is 0.168. The second kappa shape index (κ2) is 6.01. The molecular weight excluding hydrogens is 244 g/mol. The number of carbonyl (C=O) groups is 2. The van der Waals surface area contributed by atoms with Gasteiger partial charge in [0, 0.05) is 12.1 Å². The first-order chi connectivity index (χ1) is 8.86. The first-order valence-electron chi connectivity index (χ1n) is 5.84. The third kappa shape index (κ3) is 4.11. The van der Waals surface area contributed by atoms with Gasteiger partial charge in [-0.3, -0.25) is 9.59 Å². The van der Waals surface area contributed by atoms with Crippen LogP contribution in [0.2, 0.25) is 0 Å². The van der Waals surface area contributed by atoms with Crippen molar-refractivity contribution < 1.29 is 14.7 Å². The Balaban J connectivity index is 2.71. The minimum atomic E-state index is -1.01. The van der Waals surface area contributed by atoms with Gasteiger partial charge in [-0.15, -0.1) is 0 Å². The zero-order chi connectivity index (χ0) is 14.5. The van der Waals surface area contributed by atoms with Gasteiger partial charge in [0.2, 0.25) is 0 Å². The van der Waals surface area contributed by atoms with Crippen LogP contribution in [-0.2, 0) is 11.2 Å². The van der Waals surface area contributed by atoms with E-state index in [9.17, 15) is 9.59 Å². The highest BCUT2D eigenvalue weighted by Crippen LogP contribution is 2.14. The van der Waals surface area contributed by atoms with Crippen molar-refractivity contribution in [3.05, 3.63) is 35.4 Å². The van der Waals surface area contributed by atoms with Crippen LogP contribution in [0.15, 0.2) is 24.3 Å². The van der Waals surface area contributed by atoms with Crippen molar-refractivity contribution in [3.8, 4) is 6.07 Å². The molecule has 0 bridgehead atoms. The van der Waals surface area contributed by atoms with Crippen LogP contribution in [-0.4, -0.2) is 23.5 Å². The molecule has 1 aromatic rings. The van der Waals surface area contributed by atoms with Crippen molar-refractivity contribution in [2.24, 2.45) is 5.41 Å². The maximum atomic E-state index is 11.9. The third-order valence-corrected chi connectivity index (χ3v) is 2.74. The minimum absolute atomic E-state index is 0.0453. The number of nitriles is 1. The first-order valence-corrected chi connectivity index (χ1v) is 5.84. The molecule has 0 heterocycles. The molecule has 2 N–H and O–H groups in total. The number of hydrogen-bond donors (Lipinski definition) is 2. The average molecular weight is 260 g/mol. The molecule has 1 aromatic carbocycles. The molecule has 5 heteroatoms. The molecule has 0 radical (unpaired) electrons. The fourth-order valence-electron chi connectivity index (χ4n) is 1.39. The Bertz CT molecular complexity index is 530. The number of carbonyl (C=O) groups excluding carboxylic acids is 1. The Hall–Kier alpha value is -2.35. The Kier molecular flexibility index (Phi) is 4.65. The molecule has 1 amide bonds. The molecule has 0 aromatic heterocycles. The van der Waals surface area contributed by atoms with Gasteiger partial charge in [-0.25, -0.2) is 0 Å². The van der Waals surface area contributed by atoms with E-state index in [0.29, 0.717) is 5.56 Å². The zero-order valence-electron chi connectivity index (χ0n) is 10.9. The Morgan fingerprint density at radius 3 is 2.68 bits per heavy atom. The lowest BCUT2D eigenvalue weighted by Crippen LogP contribution is -2.38. The van der Waals surface area contributed by atoms with Crippen LogP contribution in [0.25, 0.3) is 0 Å². The lowest BCUT2D eigenvalue weighted by atomic mass is 9.94. The molecule has 5 nitrogen and oxygen atoms in total. The molecule has 1 rings (SSSR count). The fraction of sp³-hybridized carbons (Fsp3) is 0.357. The molecule has 19 heavy (non-hydrogen) atoms. The Labute approximate surface area is 111 Å². The molecule has 0 unspecified atom stereocenters. The summed E-state index contributed by atoms with van der Waals surface area (Å²) in [6, 6.07) is 8.74. The van der Waals surface area contributed by atoms with Crippen LogP contribution < -0.4 is 5.32 Å². The topological polar surface area (TPSA) is 90.2 Å². The molecule has 0 saturated heterocycles. The second-order valence-electron chi connectivity index (χ2n) is 4.91. The van der Waals surface area contributed by atoms with Crippen LogP contribution in [0.5, 0.6) is 0 Å². The SMILES string of the molecule is CC(C)(CNC(=O)c1cccc(CC#N)c1)C(=O)O. The summed E-state index contributed by atoms with van der Waals surface area (Å²) >= 11 is 0. The van der Waals surface area contributed by atoms with Crippen molar-refractivity contribution >= 4 is 11.9 Å². The number of carboxylic acids is 1. The van der Waals surface area contributed by atoms with E-state index in [-0.39, 0.29) is 18.9 Å². The standard InChI is InChI=1S/C14H16N2O3/c1-14(2,13(18)19)9-16-12(17)11-5-3-4-10(8-11)6-7-15/h3-5,8H,6,9H2,1-2H3,(H,16,17)(H,18,19). The summed E-state index contributed by atoms with van der Waals surface area (Å²) in [7, 11) is 0. The highest BCUT2D eigenvalue weighted by molar-refractivity contribution is 5.94. The van der Waals surface area contributed by atoms with E-state index >= 15 is 0 Å². The third-order valence-electron chi connectivity index (χ3n) is 2.74. The number of hydrogen-bond acceptors (Lipinski definition) is 3. The van der Waals surface area contributed by atoms with Crippen LogP contribution >= 0.6 is 0 Å². The molecular formula is C14H16N2O3. The number of nitrogens with zero attached hydrogens (tertiary/aromatic N) is 1. The molecule has 0 spiro atoms.